The Hall–Kier alpha value is -3.10. The van der Waals surface area contributed by atoms with Crippen molar-refractivity contribution in [3.63, 3.8) is 0 Å². The topological polar surface area (TPSA) is 99.1 Å². The Balaban J connectivity index is 2.20. The smallest absolute Gasteiger partial charge is 0.342 e. The molecule has 0 amide bonds. The van der Waals surface area contributed by atoms with Gasteiger partial charge in [-0.15, -0.1) is 6.58 Å². The number of cyclic esters (lactones) is 1. The maximum Gasteiger partial charge on any atom is 0.342 e. The minimum atomic E-state index is -4.24. The molecule has 0 aromatic heterocycles. The number of aryl methyl sites for hydroxylation is 1. The Morgan fingerprint density at radius 2 is 1.91 bits per heavy atom. The number of allylic oxidation sites excluding steroid dienone is 1. The summed E-state index contributed by atoms with van der Waals surface area (Å²) in [6, 6.07) is 6.21. The SMILES string of the molecule is C=CC(O)C(C)=CCc1c(OC)c(C)c2c(c1OS(=O)(=O)c1ccc(C)cc1)C(=O)OC2. The van der Waals surface area contributed by atoms with E-state index in [-0.39, 0.29) is 29.2 Å². The van der Waals surface area contributed by atoms with Crippen molar-refractivity contribution in [3.8, 4) is 11.5 Å². The molecule has 0 fully saturated rings. The lowest BCUT2D eigenvalue weighted by atomic mass is 9.94. The molecule has 8 heteroatoms. The van der Waals surface area contributed by atoms with Crippen LogP contribution in [0, 0.1) is 13.8 Å². The number of aliphatic hydroxyl groups excluding tert-OH is 1. The van der Waals surface area contributed by atoms with Gasteiger partial charge in [0.1, 0.15) is 22.8 Å². The molecule has 0 saturated heterocycles. The molecule has 2 aromatic carbocycles. The first kappa shape index (κ1) is 23.6. The number of hydrogen-bond donors (Lipinski definition) is 1. The summed E-state index contributed by atoms with van der Waals surface area (Å²) in [4.78, 5) is 12.5. The zero-order valence-corrected chi connectivity index (χ0v) is 19.3. The van der Waals surface area contributed by atoms with Gasteiger partial charge in [0.15, 0.2) is 5.75 Å². The molecule has 3 rings (SSSR count). The molecule has 2 aromatic rings. The number of benzene rings is 2. The molecule has 0 spiro atoms. The molecular weight excluding hydrogens is 432 g/mol. The largest absolute Gasteiger partial charge is 0.496 e. The minimum absolute atomic E-state index is 0.00161. The molecule has 1 aliphatic rings. The Labute approximate surface area is 188 Å². The quantitative estimate of drug-likeness (QED) is 0.365. The van der Waals surface area contributed by atoms with Crippen molar-refractivity contribution in [2.24, 2.45) is 0 Å². The van der Waals surface area contributed by atoms with Gasteiger partial charge in [0.05, 0.1) is 13.2 Å². The monoisotopic (exact) mass is 458 g/mol. The average Bonchev–Trinajstić information content (AvgIpc) is 3.15. The van der Waals surface area contributed by atoms with Crippen molar-refractivity contribution in [2.45, 2.75) is 44.8 Å². The highest BCUT2D eigenvalue weighted by Crippen LogP contribution is 2.43. The van der Waals surface area contributed by atoms with Crippen LogP contribution in [0.15, 0.2) is 53.5 Å². The van der Waals surface area contributed by atoms with Crippen LogP contribution in [0.25, 0.3) is 0 Å². The summed E-state index contributed by atoms with van der Waals surface area (Å²) in [6.45, 7) is 8.90. The van der Waals surface area contributed by atoms with Gasteiger partial charge in [-0.3, -0.25) is 0 Å². The average molecular weight is 459 g/mol. The van der Waals surface area contributed by atoms with E-state index < -0.39 is 22.2 Å². The summed E-state index contributed by atoms with van der Waals surface area (Å²) in [7, 11) is -2.78. The molecule has 1 aliphatic heterocycles. The Morgan fingerprint density at radius 1 is 1.25 bits per heavy atom. The van der Waals surface area contributed by atoms with Crippen LogP contribution in [-0.2, 0) is 27.9 Å². The first-order chi connectivity index (χ1) is 15.1. The third kappa shape index (κ3) is 4.42. The van der Waals surface area contributed by atoms with Gasteiger partial charge >= 0.3 is 16.1 Å². The molecule has 0 bridgehead atoms. The number of ether oxygens (including phenoxy) is 2. The fourth-order valence-corrected chi connectivity index (χ4v) is 4.50. The molecule has 0 aliphatic carbocycles. The molecule has 1 N–H and O–H groups in total. The second-order valence-electron chi connectivity index (χ2n) is 7.58. The lowest BCUT2D eigenvalue weighted by Gasteiger charge is -2.19. The molecule has 0 saturated carbocycles. The van der Waals surface area contributed by atoms with Gasteiger partial charge in [-0.05, 0) is 50.5 Å². The van der Waals surface area contributed by atoms with Crippen LogP contribution in [0.3, 0.4) is 0 Å². The van der Waals surface area contributed by atoms with Crippen molar-refractivity contribution in [1.82, 2.24) is 0 Å². The number of hydrogen-bond acceptors (Lipinski definition) is 7. The Kier molecular flexibility index (Phi) is 6.76. The number of rotatable bonds is 8. The second-order valence-corrected chi connectivity index (χ2v) is 9.13. The summed E-state index contributed by atoms with van der Waals surface area (Å²) in [5, 5.41) is 9.99. The number of aliphatic hydroxyl groups is 1. The second kappa shape index (κ2) is 9.18. The van der Waals surface area contributed by atoms with E-state index in [2.05, 4.69) is 6.58 Å². The first-order valence-corrected chi connectivity index (χ1v) is 11.4. The summed E-state index contributed by atoms with van der Waals surface area (Å²) in [5.41, 5.74) is 3.14. The fraction of sp³-hybridized carbons (Fsp3) is 0.292. The van der Waals surface area contributed by atoms with E-state index in [1.54, 1.807) is 32.1 Å². The van der Waals surface area contributed by atoms with Crippen LogP contribution in [0.5, 0.6) is 11.5 Å². The normalized spacial score (nSPS) is 14.5. The van der Waals surface area contributed by atoms with Crippen LogP contribution < -0.4 is 8.92 Å². The predicted molar refractivity (Wildman–Crippen MR) is 120 cm³/mol. The van der Waals surface area contributed by atoms with E-state index in [4.69, 9.17) is 13.7 Å². The number of carbonyl (C=O) groups excluding carboxylic acids is 1. The highest BCUT2D eigenvalue weighted by molar-refractivity contribution is 7.87. The Morgan fingerprint density at radius 3 is 2.50 bits per heavy atom. The zero-order chi connectivity index (χ0) is 23.6. The van der Waals surface area contributed by atoms with E-state index in [1.807, 2.05) is 6.92 Å². The van der Waals surface area contributed by atoms with Gasteiger partial charge in [0.25, 0.3) is 0 Å². The van der Waals surface area contributed by atoms with Crippen LogP contribution in [-0.4, -0.2) is 32.7 Å². The Bertz CT molecular complexity index is 1190. The highest BCUT2D eigenvalue weighted by atomic mass is 32.2. The molecular formula is C24H26O7S. The van der Waals surface area contributed by atoms with E-state index in [9.17, 15) is 18.3 Å². The third-order valence-corrected chi connectivity index (χ3v) is 6.68. The maximum absolute atomic E-state index is 13.1. The molecule has 1 atom stereocenters. The molecule has 7 nitrogen and oxygen atoms in total. The van der Waals surface area contributed by atoms with Gasteiger partial charge in [-0.25, -0.2) is 4.79 Å². The van der Waals surface area contributed by atoms with Crippen LogP contribution in [0.4, 0.5) is 0 Å². The van der Waals surface area contributed by atoms with E-state index >= 15 is 0 Å². The van der Waals surface area contributed by atoms with Crippen LogP contribution in [0.2, 0.25) is 0 Å². The molecule has 32 heavy (non-hydrogen) atoms. The van der Waals surface area contributed by atoms with E-state index in [0.29, 0.717) is 28.0 Å². The lowest BCUT2D eigenvalue weighted by molar-refractivity contribution is 0.0533. The van der Waals surface area contributed by atoms with Crippen molar-refractivity contribution < 1.29 is 32.0 Å². The molecule has 1 unspecified atom stereocenters. The lowest BCUT2D eigenvalue weighted by Crippen LogP contribution is -2.15. The zero-order valence-electron chi connectivity index (χ0n) is 18.5. The fourth-order valence-electron chi connectivity index (χ4n) is 3.53. The maximum atomic E-state index is 13.1. The number of fused-ring (bicyclic) bond motifs is 1. The van der Waals surface area contributed by atoms with Crippen LogP contribution >= 0.6 is 0 Å². The van der Waals surface area contributed by atoms with Gasteiger partial charge in [0.2, 0.25) is 0 Å². The van der Waals surface area contributed by atoms with Gasteiger partial charge in [0, 0.05) is 11.1 Å². The molecule has 170 valence electrons. The van der Waals surface area contributed by atoms with Crippen LogP contribution in [0.1, 0.15) is 39.5 Å². The number of methoxy groups -OCH3 is 1. The number of esters is 1. The van der Waals surface area contributed by atoms with Gasteiger partial charge < -0.3 is 18.8 Å². The minimum Gasteiger partial charge on any atom is -0.496 e. The van der Waals surface area contributed by atoms with E-state index in [1.165, 1.54) is 25.3 Å². The van der Waals surface area contributed by atoms with Gasteiger partial charge in [-0.2, -0.15) is 8.42 Å². The summed E-state index contributed by atoms with van der Waals surface area (Å²) in [5.74, 6) is -0.385. The predicted octanol–water partition coefficient (Wildman–Crippen LogP) is 3.79. The summed E-state index contributed by atoms with van der Waals surface area (Å²) < 4.78 is 42.5. The first-order valence-electron chi connectivity index (χ1n) is 9.98. The summed E-state index contributed by atoms with van der Waals surface area (Å²) in [6.07, 6.45) is 2.39. The van der Waals surface area contributed by atoms with Crippen molar-refractivity contribution in [1.29, 1.82) is 0 Å². The third-order valence-electron chi connectivity index (χ3n) is 5.45. The molecule has 0 radical (unpaired) electrons. The highest BCUT2D eigenvalue weighted by Gasteiger charge is 2.35. The van der Waals surface area contributed by atoms with Crippen molar-refractivity contribution in [2.75, 3.05) is 7.11 Å². The number of carbonyl (C=O) groups is 1. The van der Waals surface area contributed by atoms with Gasteiger partial charge in [-0.1, -0.05) is 29.8 Å². The summed E-state index contributed by atoms with van der Waals surface area (Å²) >= 11 is 0. The van der Waals surface area contributed by atoms with Crippen molar-refractivity contribution >= 4 is 16.1 Å². The van der Waals surface area contributed by atoms with E-state index in [0.717, 1.165) is 5.56 Å². The van der Waals surface area contributed by atoms with Crippen molar-refractivity contribution in [3.05, 3.63) is 76.4 Å². The standard InChI is InChI=1S/C24H26O7S/c1-6-20(25)15(3)9-12-18-22(29-5)16(4)19-13-30-24(26)21(19)23(18)31-32(27,28)17-10-7-14(2)8-11-17/h6-11,20,25H,1,12-13H2,2-5H3. The molecule has 1 heterocycles.